The van der Waals surface area contributed by atoms with Crippen LogP contribution in [-0.4, -0.2) is 37.6 Å². The van der Waals surface area contributed by atoms with Crippen molar-refractivity contribution in [1.29, 1.82) is 0 Å². The van der Waals surface area contributed by atoms with Gasteiger partial charge in [0.25, 0.3) is 0 Å². The van der Waals surface area contributed by atoms with E-state index in [1.165, 1.54) is 11.1 Å². The van der Waals surface area contributed by atoms with Gasteiger partial charge in [0, 0.05) is 32.2 Å². The SMILES string of the molecule is CNC[C@H](N)CN1CCc2ccccc2C1. The fourth-order valence-electron chi connectivity index (χ4n) is 2.37. The van der Waals surface area contributed by atoms with Crippen molar-refractivity contribution < 1.29 is 0 Å². The third kappa shape index (κ3) is 2.82. The summed E-state index contributed by atoms with van der Waals surface area (Å²) in [6.45, 7) is 4.05. The molecule has 1 aromatic rings. The van der Waals surface area contributed by atoms with Crippen molar-refractivity contribution in [2.24, 2.45) is 5.73 Å². The van der Waals surface area contributed by atoms with Crippen LogP contribution in [0.2, 0.25) is 0 Å². The first-order valence-electron chi connectivity index (χ1n) is 5.99. The van der Waals surface area contributed by atoms with E-state index in [1.54, 1.807) is 0 Å². The minimum absolute atomic E-state index is 0.232. The highest BCUT2D eigenvalue weighted by atomic mass is 15.1. The maximum Gasteiger partial charge on any atom is 0.0294 e. The Labute approximate surface area is 97.6 Å². The molecule has 0 spiro atoms. The molecule has 0 saturated heterocycles. The fourth-order valence-corrected chi connectivity index (χ4v) is 2.37. The Kier molecular flexibility index (Phi) is 3.93. The summed E-state index contributed by atoms with van der Waals surface area (Å²) in [7, 11) is 1.95. The first-order valence-corrected chi connectivity index (χ1v) is 5.99. The van der Waals surface area contributed by atoms with E-state index in [0.717, 1.165) is 32.6 Å². The largest absolute Gasteiger partial charge is 0.325 e. The van der Waals surface area contributed by atoms with Crippen LogP contribution in [0.3, 0.4) is 0 Å². The smallest absolute Gasteiger partial charge is 0.0294 e. The predicted molar refractivity (Wildman–Crippen MR) is 67.3 cm³/mol. The molecule has 0 saturated carbocycles. The van der Waals surface area contributed by atoms with Crippen molar-refractivity contribution in [3.05, 3.63) is 35.4 Å². The maximum atomic E-state index is 6.03. The molecule has 0 fully saturated rings. The van der Waals surface area contributed by atoms with Gasteiger partial charge in [-0.3, -0.25) is 4.90 Å². The lowest BCUT2D eigenvalue weighted by atomic mass is 9.99. The summed E-state index contributed by atoms with van der Waals surface area (Å²) in [5.41, 5.74) is 9.00. The molecule has 3 N–H and O–H groups in total. The monoisotopic (exact) mass is 219 g/mol. The van der Waals surface area contributed by atoms with Crippen LogP contribution in [0.1, 0.15) is 11.1 Å². The molecular formula is C13H21N3. The minimum atomic E-state index is 0.232. The van der Waals surface area contributed by atoms with Crippen molar-refractivity contribution in [3.8, 4) is 0 Å². The Bertz CT molecular complexity index is 338. The summed E-state index contributed by atoms with van der Waals surface area (Å²) < 4.78 is 0. The van der Waals surface area contributed by atoms with E-state index < -0.39 is 0 Å². The van der Waals surface area contributed by atoms with Gasteiger partial charge >= 0.3 is 0 Å². The number of nitrogens with two attached hydrogens (primary N) is 1. The number of hydrogen-bond acceptors (Lipinski definition) is 3. The second-order valence-electron chi connectivity index (χ2n) is 4.57. The minimum Gasteiger partial charge on any atom is -0.325 e. The van der Waals surface area contributed by atoms with Crippen molar-refractivity contribution >= 4 is 0 Å². The van der Waals surface area contributed by atoms with E-state index in [0.29, 0.717) is 0 Å². The lowest BCUT2D eigenvalue weighted by Crippen LogP contribution is -2.44. The molecule has 1 heterocycles. The number of benzene rings is 1. The van der Waals surface area contributed by atoms with Gasteiger partial charge in [0.2, 0.25) is 0 Å². The van der Waals surface area contributed by atoms with Crippen molar-refractivity contribution in [2.75, 3.05) is 26.7 Å². The Morgan fingerprint density at radius 3 is 2.88 bits per heavy atom. The van der Waals surface area contributed by atoms with Crippen molar-refractivity contribution in [2.45, 2.75) is 19.0 Å². The summed E-state index contributed by atoms with van der Waals surface area (Å²) in [5.74, 6) is 0. The molecule has 3 heteroatoms. The molecule has 0 aromatic heterocycles. The average molecular weight is 219 g/mol. The zero-order chi connectivity index (χ0) is 11.4. The number of rotatable bonds is 4. The summed E-state index contributed by atoms with van der Waals surface area (Å²) in [6.07, 6.45) is 1.16. The third-order valence-corrected chi connectivity index (χ3v) is 3.17. The van der Waals surface area contributed by atoms with Crippen LogP contribution >= 0.6 is 0 Å². The van der Waals surface area contributed by atoms with Gasteiger partial charge in [0.1, 0.15) is 0 Å². The molecule has 88 valence electrons. The topological polar surface area (TPSA) is 41.3 Å². The van der Waals surface area contributed by atoms with Crippen molar-refractivity contribution in [3.63, 3.8) is 0 Å². The molecule has 0 amide bonds. The Hall–Kier alpha value is -0.900. The second kappa shape index (κ2) is 5.43. The van der Waals surface area contributed by atoms with Crippen LogP contribution in [0.4, 0.5) is 0 Å². The molecule has 0 aliphatic carbocycles. The molecule has 2 rings (SSSR count). The number of likely N-dealkylation sites (N-methyl/N-ethyl adjacent to an activating group) is 1. The molecule has 16 heavy (non-hydrogen) atoms. The first-order chi connectivity index (χ1) is 7.79. The van der Waals surface area contributed by atoms with E-state index in [2.05, 4.69) is 34.5 Å². The van der Waals surface area contributed by atoms with Crippen LogP contribution < -0.4 is 11.1 Å². The van der Waals surface area contributed by atoms with Crippen LogP contribution in [0.15, 0.2) is 24.3 Å². The van der Waals surface area contributed by atoms with Gasteiger partial charge in [-0.1, -0.05) is 24.3 Å². The normalized spacial score (nSPS) is 18.1. The summed E-state index contributed by atoms with van der Waals surface area (Å²) in [4.78, 5) is 2.45. The molecule has 1 aliphatic rings. The second-order valence-corrected chi connectivity index (χ2v) is 4.57. The number of nitrogens with one attached hydrogen (secondary N) is 1. The molecule has 0 bridgehead atoms. The highest BCUT2D eigenvalue weighted by molar-refractivity contribution is 5.29. The average Bonchev–Trinajstić information content (AvgIpc) is 2.29. The van der Waals surface area contributed by atoms with Crippen molar-refractivity contribution in [1.82, 2.24) is 10.2 Å². The predicted octanol–water partition coefficient (Wildman–Crippen LogP) is 0.591. The van der Waals surface area contributed by atoms with E-state index in [-0.39, 0.29) is 6.04 Å². The van der Waals surface area contributed by atoms with Gasteiger partial charge in [0.05, 0.1) is 0 Å². The molecule has 3 nitrogen and oxygen atoms in total. The quantitative estimate of drug-likeness (QED) is 0.779. The van der Waals surface area contributed by atoms with Crippen LogP contribution in [-0.2, 0) is 13.0 Å². The van der Waals surface area contributed by atoms with E-state index in [1.807, 2.05) is 7.05 Å². The highest BCUT2D eigenvalue weighted by Gasteiger charge is 2.17. The zero-order valence-corrected chi connectivity index (χ0v) is 9.95. The van der Waals surface area contributed by atoms with Gasteiger partial charge in [-0.15, -0.1) is 0 Å². The van der Waals surface area contributed by atoms with Gasteiger partial charge in [0.15, 0.2) is 0 Å². The van der Waals surface area contributed by atoms with Crippen LogP contribution in [0, 0.1) is 0 Å². The maximum absolute atomic E-state index is 6.03. The molecule has 1 aromatic carbocycles. The van der Waals surface area contributed by atoms with Gasteiger partial charge in [-0.25, -0.2) is 0 Å². The zero-order valence-electron chi connectivity index (χ0n) is 9.95. The molecule has 1 aliphatic heterocycles. The molecule has 1 atom stereocenters. The van der Waals surface area contributed by atoms with Gasteiger partial charge < -0.3 is 11.1 Å². The molecular weight excluding hydrogens is 198 g/mol. The summed E-state index contributed by atoms with van der Waals surface area (Å²) >= 11 is 0. The van der Waals surface area contributed by atoms with Gasteiger partial charge in [-0.2, -0.15) is 0 Å². The Morgan fingerprint density at radius 2 is 2.12 bits per heavy atom. The van der Waals surface area contributed by atoms with Gasteiger partial charge in [-0.05, 0) is 24.6 Å². The third-order valence-electron chi connectivity index (χ3n) is 3.17. The number of hydrogen-bond donors (Lipinski definition) is 2. The lowest BCUT2D eigenvalue weighted by Gasteiger charge is -2.30. The summed E-state index contributed by atoms with van der Waals surface area (Å²) in [6, 6.07) is 8.94. The first kappa shape index (κ1) is 11.6. The number of nitrogens with zero attached hydrogens (tertiary/aromatic N) is 1. The number of fused-ring (bicyclic) bond motifs is 1. The summed E-state index contributed by atoms with van der Waals surface area (Å²) in [5, 5.41) is 3.12. The van der Waals surface area contributed by atoms with Crippen LogP contribution in [0.25, 0.3) is 0 Å². The fraction of sp³-hybridized carbons (Fsp3) is 0.538. The van der Waals surface area contributed by atoms with E-state index in [4.69, 9.17) is 5.73 Å². The standard InChI is InChI=1S/C13H21N3/c1-15-8-13(14)10-16-7-6-11-4-2-3-5-12(11)9-16/h2-5,13,15H,6-10,14H2,1H3/t13-/m0/s1. The Morgan fingerprint density at radius 1 is 1.38 bits per heavy atom. The van der Waals surface area contributed by atoms with Crippen LogP contribution in [0.5, 0.6) is 0 Å². The molecule has 0 unspecified atom stereocenters. The Balaban J connectivity index is 1.92. The lowest BCUT2D eigenvalue weighted by molar-refractivity contribution is 0.237. The van der Waals surface area contributed by atoms with E-state index in [9.17, 15) is 0 Å². The molecule has 0 radical (unpaired) electrons. The van der Waals surface area contributed by atoms with E-state index >= 15 is 0 Å². The highest BCUT2D eigenvalue weighted by Crippen LogP contribution is 2.18.